The van der Waals surface area contributed by atoms with Crippen molar-refractivity contribution in [2.45, 2.75) is 58.9 Å². The maximum atomic E-state index is 3.46. The van der Waals surface area contributed by atoms with Gasteiger partial charge in [0.2, 0.25) is 0 Å². The fourth-order valence-electron chi connectivity index (χ4n) is 2.92. The van der Waals surface area contributed by atoms with Crippen LogP contribution in [0.1, 0.15) is 52.9 Å². The van der Waals surface area contributed by atoms with Crippen LogP contribution in [0.15, 0.2) is 0 Å². The van der Waals surface area contributed by atoms with Gasteiger partial charge in [-0.3, -0.25) is 0 Å². The van der Waals surface area contributed by atoms with E-state index in [0.717, 1.165) is 12.3 Å². The minimum atomic E-state index is 0.487. The third-order valence-corrected chi connectivity index (χ3v) is 3.95. The maximum Gasteiger partial charge on any atom is 0.0246 e. The molecule has 0 saturated heterocycles. The van der Waals surface area contributed by atoms with E-state index in [1.165, 1.54) is 25.7 Å². The van der Waals surface area contributed by atoms with E-state index in [9.17, 15) is 0 Å². The molecule has 15 heavy (non-hydrogen) atoms. The number of nitrogens with one attached hydrogen (secondary N) is 1. The van der Waals surface area contributed by atoms with E-state index in [1.54, 1.807) is 0 Å². The Morgan fingerprint density at radius 1 is 1.40 bits per heavy atom. The van der Waals surface area contributed by atoms with Crippen LogP contribution in [0.5, 0.6) is 0 Å². The Bertz CT molecular complexity index is 244. The molecular weight excluding hydrogens is 182 g/mol. The van der Waals surface area contributed by atoms with E-state index in [1.807, 2.05) is 6.92 Å². The van der Waals surface area contributed by atoms with Gasteiger partial charge in [0.1, 0.15) is 0 Å². The second-order valence-corrected chi connectivity index (χ2v) is 5.37. The van der Waals surface area contributed by atoms with E-state index < -0.39 is 0 Å². The molecule has 1 nitrogen and oxygen atoms in total. The summed E-state index contributed by atoms with van der Waals surface area (Å²) in [6.45, 7) is 6.76. The van der Waals surface area contributed by atoms with Gasteiger partial charge in [-0.25, -0.2) is 0 Å². The first-order valence-corrected chi connectivity index (χ1v) is 6.18. The van der Waals surface area contributed by atoms with E-state index in [-0.39, 0.29) is 0 Å². The SMILES string of the molecule is CC#CCC(NC)C1CCCCC1(C)C. The van der Waals surface area contributed by atoms with Gasteiger partial charge in [-0.05, 0) is 38.1 Å². The van der Waals surface area contributed by atoms with Gasteiger partial charge in [-0.1, -0.05) is 26.7 Å². The highest BCUT2D eigenvalue weighted by molar-refractivity contribution is 5.01. The molecule has 2 unspecified atom stereocenters. The van der Waals surface area contributed by atoms with Crippen LogP contribution in [0.25, 0.3) is 0 Å². The first kappa shape index (κ1) is 12.6. The number of hydrogen-bond acceptors (Lipinski definition) is 1. The Kier molecular flexibility index (Phi) is 4.67. The van der Waals surface area contributed by atoms with Crippen LogP contribution < -0.4 is 5.32 Å². The molecule has 0 aromatic carbocycles. The second-order valence-electron chi connectivity index (χ2n) is 5.37. The van der Waals surface area contributed by atoms with Crippen molar-refractivity contribution in [3.05, 3.63) is 0 Å². The normalized spacial score (nSPS) is 26.5. The lowest BCUT2D eigenvalue weighted by atomic mass is 9.65. The Hall–Kier alpha value is -0.480. The Morgan fingerprint density at radius 3 is 2.67 bits per heavy atom. The van der Waals surface area contributed by atoms with E-state index in [2.05, 4.69) is 38.1 Å². The third kappa shape index (κ3) is 3.24. The lowest BCUT2D eigenvalue weighted by Gasteiger charge is -2.42. The van der Waals surface area contributed by atoms with Crippen LogP contribution >= 0.6 is 0 Å². The number of hydrogen-bond donors (Lipinski definition) is 1. The van der Waals surface area contributed by atoms with Gasteiger partial charge in [0.25, 0.3) is 0 Å². The van der Waals surface area contributed by atoms with Crippen LogP contribution in [0, 0.1) is 23.2 Å². The molecule has 0 heterocycles. The predicted octanol–water partition coefficient (Wildman–Crippen LogP) is 3.20. The quantitative estimate of drug-likeness (QED) is 0.701. The summed E-state index contributed by atoms with van der Waals surface area (Å²) in [7, 11) is 2.08. The van der Waals surface area contributed by atoms with E-state index in [4.69, 9.17) is 0 Å². The highest BCUT2D eigenvalue weighted by Gasteiger charge is 2.36. The monoisotopic (exact) mass is 207 g/mol. The molecule has 0 aromatic heterocycles. The van der Waals surface area contributed by atoms with Crippen molar-refractivity contribution in [1.82, 2.24) is 5.32 Å². The lowest BCUT2D eigenvalue weighted by Crippen LogP contribution is -2.43. The first-order chi connectivity index (χ1) is 7.11. The second kappa shape index (κ2) is 5.56. The zero-order valence-corrected chi connectivity index (χ0v) is 10.7. The van der Waals surface area contributed by atoms with Crippen molar-refractivity contribution < 1.29 is 0 Å². The summed E-state index contributed by atoms with van der Waals surface area (Å²) in [5.41, 5.74) is 0.487. The Balaban J connectivity index is 2.66. The predicted molar refractivity (Wildman–Crippen MR) is 66.7 cm³/mol. The molecule has 2 atom stereocenters. The van der Waals surface area contributed by atoms with Gasteiger partial charge in [0.15, 0.2) is 0 Å². The van der Waals surface area contributed by atoms with Gasteiger partial charge < -0.3 is 5.32 Å². The molecular formula is C14H25N. The summed E-state index contributed by atoms with van der Waals surface area (Å²) in [5, 5.41) is 3.46. The molecule has 0 bridgehead atoms. The molecule has 0 aromatic rings. The van der Waals surface area contributed by atoms with Crippen molar-refractivity contribution in [3.63, 3.8) is 0 Å². The molecule has 0 amide bonds. The summed E-state index contributed by atoms with van der Waals surface area (Å²) >= 11 is 0. The van der Waals surface area contributed by atoms with Crippen LogP contribution in [0.3, 0.4) is 0 Å². The van der Waals surface area contributed by atoms with Crippen molar-refractivity contribution in [3.8, 4) is 11.8 Å². The standard InChI is InChI=1S/C14H25N/c1-5-6-10-13(15-4)12-9-7-8-11-14(12,2)3/h12-13,15H,7-11H2,1-4H3. The highest BCUT2D eigenvalue weighted by Crippen LogP contribution is 2.42. The summed E-state index contributed by atoms with van der Waals surface area (Å²) in [4.78, 5) is 0. The molecule has 1 saturated carbocycles. The largest absolute Gasteiger partial charge is 0.316 e. The molecule has 1 N–H and O–H groups in total. The summed E-state index contributed by atoms with van der Waals surface area (Å²) in [6.07, 6.45) is 6.53. The van der Waals surface area contributed by atoms with Crippen molar-refractivity contribution in [1.29, 1.82) is 0 Å². The van der Waals surface area contributed by atoms with Crippen LogP contribution in [0.2, 0.25) is 0 Å². The highest BCUT2D eigenvalue weighted by atomic mass is 14.9. The zero-order chi connectivity index (χ0) is 11.3. The zero-order valence-electron chi connectivity index (χ0n) is 10.7. The van der Waals surface area contributed by atoms with Crippen LogP contribution in [-0.2, 0) is 0 Å². The van der Waals surface area contributed by atoms with Gasteiger partial charge in [0, 0.05) is 12.5 Å². The minimum absolute atomic E-state index is 0.487. The average Bonchev–Trinajstić information content (AvgIpc) is 2.20. The summed E-state index contributed by atoms with van der Waals surface area (Å²) in [5.74, 6) is 7.02. The van der Waals surface area contributed by atoms with Gasteiger partial charge in [0.05, 0.1) is 0 Å². The molecule has 0 spiro atoms. The molecule has 0 radical (unpaired) electrons. The molecule has 0 aliphatic heterocycles. The first-order valence-electron chi connectivity index (χ1n) is 6.18. The summed E-state index contributed by atoms with van der Waals surface area (Å²) < 4.78 is 0. The molecule has 86 valence electrons. The van der Waals surface area contributed by atoms with Crippen LogP contribution in [0.4, 0.5) is 0 Å². The molecule has 1 aliphatic carbocycles. The van der Waals surface area contributed by atoms with Gasteiger partial charge in [-0.2, -0.15) is 0 Å². The van der Waals surface area contributed by atoms with Crippen molar-refractivity contribution in [2.75, 3.05) is 7.05 Å². The molecule has 1 fully saturated rings. The van der Waals surface area contributed by atoms with Crippen LogP contribution in [-0.4, -0.2) is 13.1 Å². The number of rotatable bonds is 3. The molecule has 1 rings (SSSR count). The topological polar surface area (TPSA) is 12.0 Å². The van der Waals surface area contributed by atoms with Crippen molar-refractivity contribution in [2.24, 2.45) is 11.3 Å². The fraction of sp³-hybridized carbons (Fsp3) is 0.857. The summed E-state index contributed by atoms with van der Waals surface area (Å²) in [6, 6.07) is 0.577. The Labute approximate surface area is 95.0 Å². The smallest absolute Gasteiger partial charge is 0.0246 e. The average molecular weight is 207 g/mol. The van der Waals surface area contributed by atoms with E-state index in [0.29, 0.717) is 11.5 Å². The molecule has 1 heteroatoms. The van der Waals surface area contributed by atoms with Crippen molar-refractivity contribution >= 4 is 0 Å². The van der Waals surface area contributed by atoms with Gasteiger partial charge in [-0.15, -0.1) is 11.8 Å². The lowest BCUT2D eigenvalue weighted by molar-refractivity contribution is 0.103. The maximum absolute atomic E-state index is 3.46. The Morgan fingerprint density at radius 2 is 2.13 bits per heavy atom. The van der Waals surface area contributed by atoms with E-state index >= 15 is 0 Å². The molecule has 1 aliphatic rings. The minimum Gasteiger partial charge on any atom is -0.316 e. The third-order valence-electron chi connectivity index (χ3n) is 3.95. The van der Waals surface area contributed by atoms with Gasteiger partial charge >= 0.3 is 0 Å². The fourth-order valence-corrected chi connectivity index (χ4v) is 2.92.